The highest BCUT2D eigenvalue weighted by Crippen LogP contribution is 2.25. The number of thiazole rings is 1. The van der Waals surface area contributed by atoms with E-state index in [0.29, 0.717) is 16.3 Å². The zero-order valence-corrected chi connectivity index (χ0v) is 14.5. The first-order chi connectivity index (χ1) is 11.7. The van der Waals surface area contributed by atoms with E-state index in [1.807, 2.05) is 31.2 Å². The fourth-order valence-electron chi connectivity index (χ4n) is 2.78. The Balaban J connectivity index is 1.58. The van der Waals surface area contributed by atoms with Gasteiger partial charge in [-0.1, -0.05) is 13.3 Å². The number of amides is 1. The van der Waals surface area contributed by atoms with E-state index >= 15 is 0 Å². The van der Waals surface area contributed by atoms with Crippen molar-refractivity contribution in [1.29, 1.82) is 0 Å². The number of aryl methyl sites for hydroxylation is 1. The highest BCUT2D eigenvalue weighted by atomic mass is 32.1. The number of aliphatic hydroxyl groups is 1. The van der Waals surface area contributed by atoms with Crippen LogP contribution in [0.5, 0.6) is 5.75 Å². The summed E-state index contributed by atoms with van der Waals surface area (Å²) >= 11 is 1.41. The predicted octanol–water partition coefficient (Wildman–Crippen LogP) is 3.64. The van der Waals surface area contributed by atoms with Crippen molar-refractivity contribution in [1.82, 2.24) is 4.98 Å². The highest BCUT2D eigenvalue weighted by molar-refractivity contribution is 7.13. The summed E-state index contributed by atoms with van der Waals surface area (Å²) in [5, 5.41) is 13.8. The number of rotatable bonds is 5. The molecule has 0 aliphatic heterocycles. The number of carbonyl (C=O) groups is 1. The lowest BCUT2D eigenvalue weighted by atomic mass is 9.95. The van der Waals surface area contributed by atoms with Crippen molar-refractivity contribution in [3.63, 3.8) is 0 Å². The third-order valence-electron chi connectivity index (χ3n) is 4.15. The zero-order valence-electron chi connectivity index (χ0n) is 13.7. The Kier molecular flexibility index (Phi) is 5.48. The molecule has 0 radical (unpaired) electrons. The van der Waals surface area contributed by atoms with Gasteiger partial charge in [0.15, 0.2) is 0 Å². The average Bonchev–Trinajstić information content (AvgIpc) is 3.08. The molecule has 1 amide bonds. The summed E-state index contributed by atoms with van der Waals surface area (Å²) in [4.78, 5) is 17.0. The second kappa shape index (κ2) is 7.77. The Labute approximate surface area is 145 Å². The number of aromatic nitrogens is 1. The quantitative estimate of drug-likeness (QED) is 0.867. The summed E-state index contributed by atoms with van der Waals surface area (Å²) in [6.45, 7) is 2.02. The number of nitrogens with zero attached hydrogens (tertiary/aromatic N) is 1. The summed E-state index contributed by atoms with van der Waals surface area (Å²) in [5.41, 5.74) is 0.711. The molecule has 2 N–H and O–H groups in total. The van der Waals surface area contributed by atoms with E-state index in [1.165, 1.54) is 11.3 Å². The van der Waals surface area contributed by atoms with Crippen LogP contribution in [0.2, 0.25) is 0 Å². The maximum Gasteiger partial charge on any atom is 0.267 e. The van der Waals surface area contributed by atoms with Crippen LogP contribution >= 0.6 is 11.3 Å². The smallest absolute Gasteiger partial charge is 0.267 e. The number of benzene rings is 1. The van der Waals surface area contributed by atoms with Gasteiger partial charge in [-0.25, -0.2) is 4.98 Å². The Morgan fingerprint density at radius 3 is 2.75 bits per heavy atom. The second-order valence-electron chi connectivity index (χ2n) is 5.96. The van der Waals surface area contributed by atoms with Gasteiger partial charge >= 0.3 is 0 Å². The van der Waals surface area contributed by atoms with Crippen LogP contribution in [0.15, 0.2) is 30.5 Å². The van der Waals surface area contributed by atoms with Crippen LogP contribution in [-0.2, 0) is 6.42 Å². The first-order valence-corrected chi connectivity index (χ1v) is 9.18. The first-order valence-electron chi connectivity index (χ1n) is 8.36. The molecule has 1 aliphatic carbocycles. The third kappa shape index (κ3) is 4.13. The fraction of sp³-hybridized carbons (Fsp3) is 0.444. The number of hydrogen-bond donors (Lipinski definition) is 2. The van der Waals surface area contributed by atoms with Crippen molar-refractivity contribution < 1.29 is 14.6 Å². The van der Waals surface area contributed by atoms with Gasteiger partial charge in [0, 0.05) is 5.69 Å². The Hall–Kier alpha value is -1.92. The molecule has 2 aromatic rings. The predicted molar refractivity (Wildman–Crippen MR) is 94.8 cm³/mol. The molecular formula is C18H22N2O3S. The highest BCUT2D eigenvalue weighted by Gasteiger charge is 2.24. The molecule has 0 bridgehead atoms. The molecule has 24 heavy (non-hydrogen) atoms. The maximum atomic E-state index is 12.2. The van der Waals surface area contributed by atoms with E-state index in [1.54, 1.807) is 6.20 Å². The molecule has 2 unspecified atom stereocenters. The molecule has 1 saturated carbocycles. The number of aliphatic hydroxyl groups excluding tert-OH is 1. The van der Waals surface area contributed by atoms with Crippen molar-refractivity contribution in [2.75, 3.05) is 5.32 Å². The number of carbonyl (C=O) groups excluding carboxylic acids is 1. The summed E-state index contributed by atoms with van der Waals surface area (Å²) < 4.78 is 5.86. The van der Waals surface area contributed by atoms with Gasteiger partial charge < -0.3 is 15.2 Å². The molecule has 128 valence electrons. The van der Waals surface area contributed by atoms with E-state index in [0.717, 1.165) is 37.1 Å². The normalized spacial score (nSPS) is 20.6. The van der Waals surface area contributed by atoms with Gasteiger partial charge in [-0.15, -0.1) is 11.3 Å². The molecule has 2 atom stereocenters. The molecule has 0 saturated heterocycles. The summed E-state index contributed by atoms with van der Waals surface area (Å²) in [7, 11) is 0. The van der Waals surface area contributed by atoms with E-state index in [4.69, 9.17) is 4.74 Å². The molecular weight excluding hydrogens is 324 g/mol. The van der Waals surface area contributed by atoms with Crippen LogP contribution in [0.1, 0.15) is 47.3 Å². The van der Waals surface area contributed by atoms with Crippen molar-refractivity contribution in [2.45, 2.75) is 51.2 Å². The minimum atomic E-state index is -0.391. The SMILES string of the molecule is CCc1ncc(C(=O)Nc2ccc(OC3CCCCC3O)cc2)s1. The van der Waals surface area contributed by atoms with Crippen LogP contribution in [0.25, 0.3) is 0 Å². The zero-order chi connectivity index (χ0) is 16.9. The van der Waals surface area contributed by atoms with Crippen molar-refractivity contribution in [2.24, 2.45) is 0 Å². The van der Waals surface area contributed by atoms with E-state index in [2.05, 4.69) is 10.3 Å². The van der Waals surface area contributed by atoms with Gasteiger partial charge in [0.25, 0.3) is 5.91 Å². The minimum Gasteiger partial charge on any atom is -0.488 e. The first kappa shape index (κ1) is 16.9. The van der Waals surface area contributed by atoms with Crippen LogP contribution < -0.4 is 10.1 Å². The molecule has 1 aromatic heterocycles. The summed E-state index contributed by atoms with van der Waals surface area (Å²) in [6, 6.07) is 7.26. The molecule has 5 nitrogen and oxygen atoms in total. The number of hydrogen-bond acceptors (Lipinski definition) is 5. The average molecular weight is 346 g/mol. The molecule has 1 aliphatic rings. The lowest BCUT2D eigenvalue weighted by Gasteiger charge is -2.28. The van der Waals surface area contributed by atoms with E-state index in [9.17, 15) is 9.90 Å². The Morgan fingerprint density at radius 2 is 2.08 bits per heavy atom. The van der Waals surface area contributed by atoms with Crippen LogP contribution in [0.4, 0.5) is 5.69 Å². The van der Waals surface area contributed by atoms with Gasteiger partial charge in [-0.3, -0.25) is 4.79 Å². The van der Waals surface area contributed by atoms with Crippen LogP contribution in [0, 0.1) is 0 Å². The summed E-state index contributed by atoms with van der Waals surface area (Å²) in [5.74, 6) is 0.563. The van der Waals surface area contributed by atoms with Crippen molar-refractivity contribution in [3.05, 3.63) is 40.3 Å². The topological polar surface area (TPSA) is 71.5 Å². The van der Waals surface area contributed by atoms with Gasteiger partial charge in [0.05, 0.1) is 17.3 Å². The monoisotopic (exact) mass is 346 g/mol. The molecule has 6 heteroatoms. The minimum absolute atomic E-state index is 0.135. The van der Waals surface area contributed by atoms with Gasteiger partial charge in [0.2, 0.25) is 0 Å². The molecule has 3 rings (SSSR count). The Bertz CT molecular complexity index is 684. The fourth-order valence-corrected chi connectivity index (χ4v) is 3.53. The largest absolute Gasteiger partial charge is 0.488 e. The van der Waals surface area contributed by atoms with E-state index < -0.39 is 6.10 Å². The van der Waals surface area contributed by atoms with Crippen molar-refractivity contribution >= 4 is 22.9 Å². The second-order valence-corrected chi connectivity index (χ2v) is 7.07. The van der Waals surface area contributed by atoms with Gasteiger partial charge in [0.1, 0.15) is 16.7 Å². The van der Waals surface area contributed by atoms with Gasteiger partial charge in [-0.05, 0) is 49.9 Å². The lowest BCUT2D eigenvalue weighted by molar-refractivity contribution is 0.00688. The number of ether oxygens (including phenoxy) is 1. The van der Waals surface area contributed by atoms with Crippen LogP contribution in [0.3, 0.4) is 0 Å². The molecule has 1 fully saturated rings. The molecule has 0 spiro atoms. The standard InChI is InChI=1S/C18H22N2O3S/c1-2-17-19-11-16(24-17)18(22)20-12-7-9-13(10-8-12)23-15-6-4-3-5-14(15)21/h7-11,14-15,21H,2-6H2,1H3,(H,20,22). The molecule has 1 aromatic carbocycles. The molecule has 1 heterocycles. The number of nitrogens with one attached hydrogen (secondary N) is 1. The maximum absolute atomic E-state index is 12.2. The lowest BCUT2D eigenvalue weighted by Crippen LogP contribution is -2.34. The summed E-state index contributed by atoms with van der Waals surface area (Å²) in [6.07, 6.45) is 5.74. The van der Waals surface area contributed by atoms with Crippen LogP contribution in [-0.4, -0.2) is 28.2 Å². The number of anilines is 1. The van der Waals surface area contributed by atoms with E-state index in [-0.39, 0.29) is 12.0 Å². The third-order valence-corrected chi connectivity index (χ3v) is 5.29. The van der Waals surface area contributed by atoms with Crippen molar-refractivity contribution in [3.8, 4) is 5.75 Å². The van der Waals surface area contributed by atoms with Gasteiger partial charge in [-0.2, -0.15) is 0 Å². The Morgan fingerprint density at radius 1 is 1.33 bits per heavy atom.